The Morgan fingerprint density at radius 2 is 0.652 bits per heavy atom. The van der Waals surface area contributed by atoms with Crippen molar-refractivity contribution in [2.45, 2.75) is 166 Å². The van der Waals surface area contributed by atoms with Gasteiger partial charge in [0.25, 0.3) is 0 Å². The van der Waals surface area contributed by atoms with Crippen LogP contribution in [0.15, 0.2) is 133 Å². The first-order chi connectivity index (χ1) is 28.0. The molecule has 0 atom stereocenters. The first kappa shape index (κ1) is 80.0. The first-order valence-corrected chi connectivity index (χ1v) is 22.0. The van der Waals surface area contributed by atoms with Gasteiger partial charge in [0.2, 0.25) is 0 Å². The molecule has 5 aromatic carbocycles. The van der Waals surface area contributed by atoms with Gasteiger partial charge in [0, 0.05) is 6.61 Å². The van der Waals surface area contributed by atoms with E-state index in [2.05, 4.69) is 95.2 Å². The van der Waals surface area contributed by atoms with E-state index in [9.17, 15) is 5.11 Å². The van der Waals surface area contributed by atoms with Gasteiger partial charge in [-0.15, -0.1) is 48.5 Å². The van der Waals surface area contributed by atoms with Gasteiger partial charge in [-0.1, -0.05) is 183 Å². The molecule has 0 unspecified atom stereocenters. The van der Waals surface area contributed by atoms with E-state index in [-0.39, 0.29) is 95.9 Å². The quantitative estimate of drug-likeness (QED) is 0.137. The number of phenolic OH excluding ortho intramolecular Hbond substituents is 1. The van der Waals surface area contributed by atoms with Crippen molar-refractivity contribution < 1.29 is 58.1 Å². The van der Waals surface area contributed by atoms with Crippen molar-refractivity contribution in [2.24, 2.45) is 0 Å². The third-order valence-corrected chi connectivity index (χ3v) is 9.25. The third kappa shape index (κ3) is 46.1. The van der Waals surface area contributed by atoms with Gasteiger partial charge in [-0.05, 0) is 35.3 Å². The van der Waals surface area contributed by atoms with Crippen LogP contribution in [0.2, 0.25) is 0 Å². The Balaban J connectivity index is -0.0000000990. The number of unbranched alkanes of at least 4 members (excludes halogenated alkanes) is 1. The van der Waals surface area contributed by atoms with Crippen LogP contribution < -0.4 is 0 Å². The molecule has 0 spiro atoms. The van der Waals surface area contributed by atoms with E-state index in [0.29, 0.717) is 12.4 Å². The monoisotopic (exact) mass is 1010 g/mol. The van der Waals surface area contributed by atoms with E-state index >= 15 is 0 Å². The summed E-state index contributed by atoms with van der Waals surface area (Å²) < 4.78 is 0. The van der Waals surface area contributed by atoms with Crippen LogP contribution in [0.1, 0.15) is 187 Å². The first-order valence-electron chi connectivity index (χ1n) is 22.0. The van der Waals surface area contributed by atoms with Crippen molar-refractivity contribution >= 4 is 0 Å². The van der Waals surface area contributed by atoms with E-state index in [1.165, 1.54) is 69.8 Å². The Labute approximate surface area is 447 Å². The average Bonchev–Trinajstić information content (AvgIpc) is 3.99. The molecule has 7 rings (SSSR count). The third-order valence-electron chi connectivity index (χ3n) is 9.25. The van der Waals surface area contributed by atoms with E-state index in [4.69, 9.17) is 5.11 Å². The number of aliphatic hydroxyl groups excluding tert-OH is 1. The summed E-state index contributed by atoms with van der Waals surface area (Å²) in [5.74, 6) is 0.464. The van der Waals surface area contributed by atoms with Crippen molar-refractivity contribution in [1.82, 2.24) is 0 Å². The van der Waals surface area contributed by atoms with Crippen molar-refractivity contribution in [3.05, 3.63) is 215 Å². The molecule has 5 aromatic rings. The summed E-state index contributed by atoms with van der Waals surface area (Å²) >= 11 is 0. The normalized spacial score (nSPS) is 11.0. The molecule has 66 heavy (non-hydrogen) atoms. The molecule has 2 aliphatic rings. The maximum Gasteiger partial charge on any atom is 3.00 e. The van der Waals surface area contributed by atoms with Crippen LogP contribution in [0, 0.1) is 49.5 Å². The Hall–Kier alpha value is -3.06. The van der Waals surface area contributed by atoms with Crippen LogP contribution in [0.4, 0.5) is 0 Å². The summed E-state index contributed by atoms with van der Waals surface area (Å²) in [4.78, 5) is 0. The van der Waals surface area contributed by atoms with Crippen LogP contribution in [0.3, 0.4) is 0 Å². The van der Waals surface area contributed by atoms with Gasteiger partial charge in [-0.25, -0.2) is 0 Å². The van der Waals surface area contributed by atoms with Gasteiger partial charge in [-0.3, -0.25) is 0 Å². The average molecular weight is 1020 g/mol. The summed E-state index contributed by atoms with van der Waals surface area (Å²) in [6, 6.07) is 43.7. The molecular formula is C62H100O2TiZr. The minimum absolute atomic E-state index is 0. The Morgan fingerprint density at radius 3 is 0.758 bits per heavy atom. The fourth-order valence-electron chi connectivity index (χ4n) is 5.76. The molecule has 0 bridgehead atoms. The molecule has 2 N–H and O–H groups in total. The largest absolute Gasteiger partial charge is 3.00 e. The van der Waals surface area contributed by atoms with Gasteiger partial charge in [-0.2, -0.15) is 98.5 Å². The molecule has 0 amide bonds. The van der Waals surface area contributed by atoms with Gasteiger partial charge >= 0.3 is 47.9 Å². The van der Waals surface area contributed by atoms with Crippen molar-refractivity contribution in [3.8, 4) is 5.75 Å². The topological polar surface area (TPSA) is 40.5 Å². The molecule has 4 heteroatoms. The maximum absolute atomic E-state index is 10.4. The second kappa shape index (κ2) is 49.8. The Bertz CT molecular complexity index is 1440. The van der Waals surface area contributed by atoms with E-state index in [1.807, 2.05) is 121 Å². The van der Waals surface area contributed by atoms with Crippen LogP contribution in [0.25, 0.3) is 0 Å². The number of aliphatic hydroxyl groups is 1. The Morgan fingerprint density at radius 1 is 0.455 bits per heavy atom. The number of phenols is 1. The zero-order chi connectivity index (χ0) is 44.4. The summed E-state index contributed by atoms with van der Waals surface area (Å²) in [6.45, 7) is 32.2. The van der Waals surface area contributed by atoms with Gasteiger partial charge < -0.3 is 25.1 Å². The summed E-state index contributed by atoms with van der Waals surface area (Å²) in [7, 11) is 0. The molecule has 0 aliphatic heterocycles. The van der Waals surface area contributed by atoms with Crippen molar-refractivity contribution in [2.75, 3.05) is 6.61 Å². The van der Waals surface area contributed by atoms with E-state index in [1.54, 1.807) is 0 Å². The Kier molecular flexibility index (Phi) is 60.4. The number of benzene rings is 5. The van der Waals surface area contributed by atoms with Crippen LogP contribution in [-0.4, -0.2) is 16.8 Å². The molecule has 2 fully saturated rings. The smallest absolute Gasteiger partial charge is 0.507 e. The van der Waals surface area contributed by atoms with Gasteiger partial charge in [0.1, 0.15) is 5.75 Å². The molecule has 2 saturated carbocycles. The van der Waals surface area contributed by atoms with E-state index < -0.39 is 0 Å². The minimum Gasteiger partial charge on any atom is -0.507 e. The zero-order valence-electron chi connectivity index (χ0n) is 41.6. The molecular weight excluding hydrogens is 916 g/mol. The minimum atomic E-state index is -0.0178. The molecule has 2 radical (unpaired) electrons. The van der Waals surface area contributed by atoms with Crippen LogP contribution in [-0.2, 0) is 58.8 Å². The predicted molar refractivity (Wildman–Crippen MR) is 295 cm³/mol. The van der Waals surface area contributed by atoms with Crippen molar-refractivity contribution in [3.63, 3.8) is 0 Å². The molecule has 2 aliphatic carbocycles. The summed E-state index contributed by atoms with van der Waals surface area (Å²) in [5, 5.41) is 18.5. The fourth-order valence-corrected chi connectivity index (χ4v) is 5.76. The maximum atomic E-state index is 10.4. The summed E-state index contributed by atoms with van der Waals surface area (Å²) in [6.07, 6.45) is 17.0. The zero-order valence-corrected chi connectivity index (χ0v) is 45.6. The van der Waals surface area contributed by atoms with Gasteiger partial charge in [0.05, 0.1) is 0 Å². The van der Waals surface area contributed by atoms with Crippen molar-refractivity contribution in [1.29, 1.82) is 0 Å². The standard InChI is InChI=1S/C15H24O.4C7H7.2C5H10.C4H10O.3CH4.2CH3.Ti.Zr/c1-10-8-11(14(2,3)4)13(16)12(9-10)15(5,6)7;4*1-7-5-3-2-4-6-7;2*1-2-4-5-3-1;1-2-3-4-5;;;;;;;/h8-9,16H,1-7H3;4*2-6H,1H2;2*1-5H2;5H,2-4H2,1H3;3*1H4;2*1H3;;/q;4*-1;;;;;;;2*-1;2*+3. The molecule has 368 valence electrons. The fraction of sp³-hybridized carbons (Fsp3) is 0.419. The molecule has 0 saturated heterocycles. The van der Waals surface area contributed by atoms with Gasteiger partial charge in [0.15, 0.2) is 0 Å². The molecule has 0 aromatic heterocycles. The van der Waals surface area contributed by atoms with E-state index in [0.717, 1.165) is 46.2 Å². The number of hydrogen-bond donors (Lipinski definition) is 2. The molecule has 2 nitrogen and oxygen atoms in total. The number of aromatic hydroxyl groups is 1. The predicted octanol–water partition coefficient (Wildman–Crippen LogP) is 19.3. The second-order valence-electron chi connectivity index (χ2n) is 17.3. The van der Waals surface area contributed by atoms with Crippen LogP contribution in [0.5, 0.6) is 5.75 Å². The summed E-state index contributed by atoms with van der Waals surface area (Å²) in [5.41, 5.74) is 7.55. The number of aryl methyl sites for hydroxylation is 1. The van der Waals surface area contributed by atoms with Crippen LogP contribution >= 0.6 is 0 Å². The molecule has 0 heterocycles. The number of hydrogen-bond acceptors (Lipinski definition) is 2. The number of rotatable bonds is 2. The second-order valence-corrected chi connectivity index (χ2v) is 17.3. The SMILES string of the molecule is C.C.C.C1CCCC1.C1CCCC1.CCCCO.Cc1cc(C(C)(C)C)c(O)c(C(C)(C)C)c1.[CH2-]c1ccccc1.[CH2-]c1ccccc1.[CH2-]c1ccccc1.[CH2-]c1ccccc1.[CH3-].[CH3-].[Ti+3].[Zr+3].